The molecule has 7 nitrogen and oxygen atoms in total. The Morgan fingerprint density at radius 2 is 2.12 bits per heavy atom. The van der Waals surface area contributed by atoms with E-state index < -0.39 is 18.5 Å². The number of halogens is 1. The van der Waals surface area contributed by atoms with Gasteiger partial charge >= 0.3 is 5.97 Å². The monoisotopic (exact) mass is 374 g/mol. The summed E-state index contributed by atoms with van der Waals surface area (Å²) in [5.74, 6) is -1.21. The minimum atomic E-state index is -0.726. The maximum Gasteiger partial charge on any atom is 0.359 e. The van der Waals surface area contributed by atoms with Crippen molar-refractivity contribution in [3.05, 3.63) is 52.3 Å². The van der Waals surface area contributed by atoms with Gasteiger partial charge in [-0.15, -0.1) is 11.3 Å². The molecule has 0 saturated carbocycles. The van der Waals surface area contributed by atoms with E-state index >= 15 is 0 Å². The first-order valence-corrected chi connectivity index (χ1v) is 8.38. The zero-order chi connectivity index (χ0) is 17.8. The molecule has 0 radical (unpaired) electrons. The van der Waals surface area contributed by atoms with Crippen molar-refractivity contribution in [3.8, 4) is 6.07 Å². The molecule has 1 N–H and O–H groups in total. The molecule has 0 saturated heterocycles. The highest BCUT2D eigenvalue weighted by atomic mass is 35.5. The molecular formula is C16H11ClN4O3S. The highest BCUT2D eigenvalue weighted by Crippen LogP contribution is 2.22. The van der Waals surface area contributed by atoms with E-state index in [-0.39, 0.29) is 10.8 Å². The molecule has 1 amide bonds. The zero-order valence-electron chi connectivity index (χ0n) is 12.7. The maximum atomic E-state index is 12.1. The Balaban J connectivity index is 1.58. The topological polar surface area (TPSA) is 96.5 Å². The number of nitrogens with one attached hydrogen (secondary N) is 1. The summed E-state index contributed by atoms with van der Waals surface area (Å²) < 4.78 is 6.52. The quantitative estimate of drug-likeness (QED) is 0.692. The van der Waals surface area contributed by atoms with Gasteiger partial charge in [-0.2, -0.15) is 5.26 Å². The number of esters is 1. The van der Waals surface area contributed by atoms with Crippen LogP contribution in [0.5, 0.6) is 0 Å². The van der Waals surface area contributed by atoms with Gasteiger partial charge in [0, 0.05) is 17.3 Å². The SMILES string of the molecule is N#CCc1ccc(NC(=O)COC(=O)c2c(Cl)nc3sccn23)cc1. The molecule has 9 heteroatoms. The Labute approximate surface area is 151 Å². The highest BCUT2D eigenvalue weighted by molar-refractivity contribution is 7.15. The van der Waals surface area contributed by atoms with Crippen molar-refractivity contribution in [2.45, 2.75) is 6.42 Å². The fourth-order valence-electron chi connectivity index (χ4n) is 2.14. The van der Waals surface area contributed by atoms with Crippen LogP contribution in [-0.4, -0.2) is 27.9 Å². The summed E-state index contributed by atoms with van der Waals surface area (Å²) >= 11 is 7.27. The average Bonchev–Trinajstić information content (AvgIpc) is 3.14. The zero-order valence-corrected chi connectivity index (χ0v) is 14.3. The highest BCUT2D eigenvalue weighted by Gasteiger charge is 2.21. The van der Waals surface area contributed by atoms with Crippen LogP contribution >= 0.6 is 22.9 Å². The Hall–Kier alpha value is -2.89. The molecule has 25 heavy (non-hydrogen) atoms. The lowest BCUT2D eigenvalue weighted by atomic mass is 10.1. The van der Waals surface area contributed by atoms with E-state index in [9.17, 15) is 9.59 Å². The molecule has 1 aromatic carbocycles. The van der Waals surface area contributed by atoms with Crippen LogP contribution in [0.1, 0.15) is 16.1 Å². The van der Waals surface area contributed by atoms with Crippen LogP contribution in [0.25, 0.3) is 4.96 Å². The number of hydrogen-bond acceptors (Lipinski definition) is 6. The first-order chi connectivity index (χ1) is 12.1. The third-order valence-electron chi connectivity index (χ3n) is 3.27. The van der Waals surface area contributed by atoms with Gasteiger partial charge in [0.1, 0.15) is 0 Å². The number of anilines is 1. The number of fused-ring (bicyclic) bond motifs is 1. The molecule has 0 fully saturated rings. The van der Waals surface area contributed by atoms with Crippen LogP contribution in [0.2, 0.25) is 5.15 Å². The summed E-state index contributed by atoms with van der Waals surface area (Å²) in [5.41, 5.74) is 1.49. The van der Waals surface area contributed by atoms with Crippen LogP contribution in [0.4, 0.5) is 5.69 Å². The number of carbonyl (C=O) groups is 2. The first-order valence-electron chi connectivity index (χ1n) is 7.12. The average molecular weight is 375 g/mol. The molecule has 3 rings (SSSR count). The number of hydrogen-bond donors (Lipinski definition) is 1. The number of benzene rings is 1. The van der Waals surface area contributed by atoms with Crippen molar-refractivity contribution in [3.63, 3.8) is 0 Å². The van der Waals surface area contributed by atoms with Gasteiger partial charge in [-0.1, -0.05) is 23.7 Å². The minimum Gasteiger partial charge on any atom is -0.451 e. The Morgan fingerprint density at radius 3 is 2.84 bits per heavy atom. The number of carbonyl (C=O) groups excluding carboxylic acids is 2. The van der Waals surface area contributed by atoms with Gasteiger partial charge in [-0.3, -0.25) is 9.20 Å². The van der Waals surface area contributed by atoms with E-state index in [0.29, 0.717) is 17.1 Å². The molecule has 126 valence electrons. The number of imidazole rings is 1. The Bertz CT molecular complexity index is 972. The largest absolute Gasteiger partial charge is 0.451 e. The maximum absolute atomic E-state index is 12.1. The van der Waals surface area contributed by atoms with Crippen molar-refractivity contribution < 1.29 is 14.3 Å². The standard InChI is InChI=1S/C16H11ClN4O3S/c17-14-13(21-7-8-25-16(21)20-14)15(23)24-9-12(22)19-11-3-1-10(2-4-11)5-6-18/h1-4,7-8H,5,9H2,(H,19,22). The molecule has 0 unspecified atom stereocenters. The van der Waals surface area contributed by atoms with Gasteiger partial charge in [-0.25, -0.2) is 9.78 Å². The minimum absolute atomic E-state index is 0.0327. The molecule has 0 spiro atoms. The Kier molecular flexibility index (Phi) is 4.97. The Morgan fingerprint density at radius 1 is 1.36 bits per heavy atom. The van der Waals surface area contributed by atoms with Gasteiger partial charge < -0.3 is 10.1 Å². The number of ether oxygens (including phenoxy) is 1. The molecule has 0 bridgehead atoms. The summed E-state index contributed by atoms with van der Waals surface area (Å²) in [6, 6.07) is 8.88. The first kappa shape index (κ1) is 17.0. The number of rotatable bonds is 5. The molecular weight excluding hydrogens is 364 g/mol. The van der Waals surface area contributed by atoms with E-state index in [4.69, 9.17) is 21.6 Å². The van der Waals surface area contributed by atoms with Crippen LogP contribution in [0, 0.1) is 11.3 Å². The van der Waals surface area contributed by atoms with Gasteiger partial charge in [0.15, 0.2) is 22.4 Å². The predicted octanol–water partition coefficient (Wildman–Crippen LogP) is 2.91. The summed E-state index contributed by atoms with van der Waals surface area (Å²) in [7, 11) is 0. The predicted molar refractivity (Wildman–Crippen MR) is 92.8 cm³/mol. The third kappa shape index (κ3) is 3.79. The number of nitriles is 1. The van der Waals surface area contributed by atoms with Crippen molar-refractivity contribution in [1.82, 2.24) is 9.38 Å². The van der Waals surface area contributed by atoms with Gasteiger partial charge in [-0.05, 0) is 17.7 Å². The summed E-state index contributed by atoms with van der Waals surface area (Å²) in [6.45, 7) is -0.452. The third-order valence-corrected chi connectivity index (χ3v) is 4.29. The number of aromatic nitrogens is 2. The summed E-state index contributed by atoms with van der Waals surface area (Å²) in [6.07, 6.45) is 1.95. The van der Waals surface area contributed by atoms with E-state index in [0.717, 1.165) is 5.56 Å². The van der Waals surface area contributed by atoms with Gasteiger partial charge in [0.2, 0.25) is 0 Å². The summed E-state index contributed by atoms with van der Waals surface area (Å²) in [5, 5.41) is 13.0. The van der Waals surface area contributed by atoms with Crippen LogP contribution in [-0.2, 0) is 16.0 Å². The second-order valence-corrected chi connectivity index (χ2v) is 6.19. The van der Waals surface area contributed by atoms with Crippen LogP contribution < -0.4 is 5.32 Å². The normalized spacial score (nSPS) is 10.4. The fraction of sp³-hybridized carbons (Fsp3) is 0.125. The molecule has 0 aliphatic rings. The molecule has 0 atom stereocenters. The van der Waals surface area contributed by atoms with E-state index in [1.165, 1.54) is 15.7 Å². The molecule has 0 aliphatic carbocycles. The lowest BCUT2D eigenvalue weighted by Crippen LogP contribution is -2.21. The second-order valence-electron chi connectivity index (χ2n) is 4.96. The van der Waals surface area contributed by atoms with E-state index in [1.807, 2.05) is 6.07 Å². The number of amides is 1. The van der Waals surface area contributed by atoms with Crippen molar-refractivity contribution in [1.29, 1.82) is 5.26 Å². The van der Waals surface area contributed by atoms with Crippen molar-refractivity contribution in [2.75, 3.05) is 11.9 Å². The van der Waals surface area contributed by atoms with E-state index in [2.05, 4.69) is 10.3 Å². The molecule has 0 aliphatic heterocycles. The number of nitrogens with zero attached hydrogens (tertiary/aromatic N) is 3. The lowest BCUT2D eigenvalue weighted by molar-refractivity contribution is -0.119. The molecule has 2 aromatic heterocycles. The van der Waals surface area contributed by atoms with Crippen molar-refractivity contribution in [2.24, 2.45) is 0 Å². The second kappa shape index (κ2) is 7.34. The van der Waals surface area contributed by atoms with Gasteiger partial charge in [0.25, 0.3) is 5.91 Å². The molecule has 3 aromatic rings. The van der Waals surface area contributed by atoms with Gasteiger partial charge in [0.05, 0.1) is 12.5 Å². The summed E-state index contributed by atoms with van der Waals surface area (Å²) in [4.78, 5) is 28.6. The molecule has 2 heterocycles. The fourth-order valence-corrected chi connectivity index (χ4v) is 3.15. The van der Waals surface area contributed by atoms with Crippen molar-refractivity contribution >= 4 is 45.5 Å². The smallest absolute Gasteiger partial charge is 0.359 e. The van der Waals surface area contributed by atoms with Crippen LogP contribution in [0.15, 0.2) is 35.8 Å². The van der Waals surface area contributed by atoms with E-state index in [1.54, 1.807) is 35.8 Å². The lowest BCUT2D eigenvalue weighted by Gasteiger charge is -2.07. The number of thiazole rings is 1. The van der Waals surface area contributed by atoms with Crippen LogP contribution in [0.3, 0.4) is 0 Å².